The summed E-state index contributed by atoms with van der Waals surface area (Å²) in [5, 5.41) is 0. The van der Waals surface area contributed by atoms with Crippen LogP contribution >= 0.6 is 0 Å². The molecule has 0 N–H and O–H groups in total. The van der Waals surface area contributed by atoms with Gasteiger partial charge in [0.05, 0.1) is 0 Å². The maximum Gasteiger partial charge on any atom is -0.0234 e. The lowest BCUT2D eigenvalue weighted by atomic mass is 9.78. The Morgan fingerprint density at radius 3 is 2.89 bits per heavy atom. The summed E-state index contributed by atoms with van der Waals surface area (Å²) in [4.78, 5) is 0. The summed E-state index contributed by atoms with van der Waals surface area (Å²) in [5.41, 5.74) is 4.48. The van der Waals surface area contributed by atoms with Crippen LogP contribution in [0.3, 0.4) is 0 Å². The summed E-state index contributed by atoms with van der Waals surface area (Å²) in [6.07, 6.45) is 10.3. The van der Waals surface area contributed by atoms with Gasteiger partial charge in [-0.3, -0.25) is 0 Å². The molecule has 0 nitrogen and oxygen atoms in total. The van der Waals surface area contributed by atoms with Crippen molar-refractivity contribution in [3.8, 4) is 0 Å². The number of aryl methyl sites for hydroxylation is 2. The van der Waals surface area contributed by atoms with E-state index in [1.807, 2.05) is 0 Å². The third-order valence-electron chi connectivity index (χ3n) is 4.70. The molecule has 1 fully saturated rings. The minimum Gasteiger partial charge on any atom is -0.103 e. The van der Waals surface area contributed by atoms with Gasteiger partial charge in [0.1, 0.15) is 0 Å². The summed E-state index contributed by atoms with van der Waals surface area (Å²) in [6.45, 7) is 8.44. The fourth-order valence-corrected chi connectivity index (χ4v) is 3.25. The van der Waals surface area contributed by atoms with E-state index >= 15 is 0 Å². The number of allylic oxidation sites excluding steroid dienone is 1. The summed E-state index contributed by atoms with van der Waals surface area (Å²) in [7, 11) is 0. The van der Waals surface area contributed by atoms with Gasteiger partial charge in [0.15, 0.2) is 0 Å². The van der Waals surface area contributed by atoms with E-state index < -0.39 is 0 Å². The molecule has 18 heavy (non-hydrogen) atoms. The molecule has 2 rings (SSSR count). The highest BCUT2D eigenvalue weighted by atomic mass is 14.2. The van der Waals surface area contributed by atoms with Crippen molar-refractivity contribution in [1.29, 1.82) is 0 Å². The number of benzene rings is 1. The largest absolute Gasteiger partial charge is 0.103 e. The second-order valence-corrected chi connectivity index (χ2v) is 5.93. The molecule has 1 aromatic rings. The fourth-order valence-electron chi connectivity index (χ4n) is 3.25. The van der Waals surface area contributed by atoms with E-state index in [4.69, 9.17) is 0 Å². The molecule has 0 saturated heterocycles. The third kappa shape index (κ3) is 3.25. The van der Waals surface area contributed by atoms with Crippen molar-refractivity contribution in [2.24, 2.45) is 11.8 Å². The zero-order valence-corrected chi connectivity index (χ0v) is 11.9. The van der Waals surface area contributed by atoms with Crippen molar-refractivity contribution in [1.82, 2.24) is 0 Å². The maximum atomic E-state index is 3.96. The van der Waals surface area contributed by atoms with E-state index in [0.717, 1.165) is 11.8 Å². The van der Waals surface area contributed by atoms with Crippen molar-refractivity contribution in [3.63, 3.8) is 0 Å². The van der Waals surface area contributed by atoms with Gasteiger partial charge in [-0.25, -0.2) is 0 Å². The van der Waals surface area contributed by atoms with Crippen molar-refractivity contribution in [2.45, 2.75) is 52.4 Å². The monoisotopic (exact) mass is 242 g/mol. The van der Waals surface area contributed by atoms with Gasteiger partial charge in [0.25, 0.3) is 0 Å². The molecule has 0 spiro atoms. The van der Waals surface area contributed by atoms with Gasteiger partial charge >= 0.3 is 0 Å². The van der Waals surface area contributed by atoms with Crippen molar-refractivity contribution >= 4 is 0 Å². The third-order valence-corrected chi connectivity index (χ3v) is 4.70. The van der Waals surface area contributed by atoms with E-state index in [-0.39, 0.29) is 0 Å². The molecule has 2 unspecified atom stereocenters. The van der Waals surface area contributed by atoms with Gasteiger partial charge in [-0.05, 0) is 68.1 Å². The lowest BCUT2D eigenvalue weighted by Crippen LogP contribution is -2.14. The average molecular weight is 242 g/mol. The SMILES string of the molecule is C=CC1CCCC(CCc2cccc(C)c2C)C1. The zero-order chi connectivity index (χ0) is 13.0. The van der Waals surface area contributed by atoms with Crippen LogP contribution in [0.5, 0.6) is 0 Å². The van der Waals surface area contributed by atoms with Gasteiger partial charge in [0.2, 0.25) is 0 Å². The maximum absolute atomic E-state index is 3.96. The van der Waals surface area contributed by atoms with Crippen LogP contribution in [0.2, 0.25) is 0 Å². The van der Waals surface area contributed by atoms with E-state index in [9.17, 15) is 0 Å². The van der Waals surface area contributed by atoms with Crippen LogP contribution in [0.4, 0.5) is 0 Å². The summed E-state index contributed by atoms with van der Waals surface area (Å²) >= 11 is 0. The van der Waals surface area contributed by atoms with Crippen LogP contribution in [-0.4, -0.2) is 0 Å². The van der Waals surface area contributed by atoms with E-state index in [2.05, 4.69) is 44.7 Å². The first-order valence-corrected chi connectivity index (χ1v) is 7.38. The first kappa shape index (κ1) is 13.4. The lowest BCUT2D eigenvalue weighted by Gasteiger charge is -2.27. The van der Waals surface area contributed by atoms with Crippen molar-refractivity contribution in [2.75, 3.05) is 0 Å². The molecule has 98 valence electrons. The summed E-state index contributed by atoms with van der Waals surface area (Å²) in [6, 6.07) is 6.72. The Morgan fingerprint density at radius 2 is 2.11 bits per heavy atom. The number of rotatable bonds is 4. The van der Waals surface area contributed by atoms with Gasteiger partial charge < -0.3 is 0 Å². The second kappa shape index (κ2) is 6.22. The molecule has 0 heteroatoms. The lowest BCUT2D eigenvalue weighted by molar-refractivity contribution is 0.290. The summed E-state index contributed by atoms with van der Waals surface area (Å²) < 4.78 is 0. The standard InChI is InChI=1S/C18H26/c1-4-16-8-6-9-17(13-16)11-12-18-10-5-7-14(2)15(18)3/h4-5,7,10,16-17H,1,6,8-9,11-13H2,2-3H3. The Hall–Kier alpha value is -1.04. The van der Waals surface area contributed by atoms with Gasteiger partial charge in [-0.15, -0.1) is 6.58 Å². The van der Waals surface area contributed by atoms with E-state index in [1.165, 1.54) is 49.7 Å². The van der Waals surface area contributed by atoms with Crippen LogP contribution in [0, 0.1) is 25.7 Å². The molecule has 0 aromatic heterocycles. The molecule has 1 aromatic carbocycles. The van der Waals surface area contributed by atoms with Crippen molar-refractivity contribution < 1.29 is 0 Å². The minimum absolute atomic E-state index is 0.780. The van der Waals surface area contributed by atoms with Crippen molar-refractivity contribution in [3.05, 3.63) is 47.5 Å². The second-order valence-electron chi connectivity index (χ2n) is 5.93. The highest BCUT2D eigenvalue weighted by Gasteiger charge is 2.19. The molecule has 0 amide bonds. The highest BCUT2D eigenvalue weighted by Crippen LogP contribution is 2.32. The smallest absolute Gasteiger partial charge is 0.0234 e. The molecule has 0 radical (unpaired) electrons. The average Bonchev–Trinajstić information content (AvgIpc) is 2.41. The van der Waals surface area contributed by atoms with Crippen LogP contribution in [-0.2, 0) is 6.42 Å². The molecule has 0 heterocycles. The Morgan fingerprint density at radius 1 is 1.28 bits per heavy atom. The molecular formula is C18H26. The topological polar surface area (TPSA) is 0 Å². The first-order valence-electron chi connectivity index (χ1n) is 7.38. The van der Waals surface area contributed by atoms with Gasteiger partial charge in [-0.2, -0.15) is 0 Å². The molecular weight excluding hydrogens is 216 g/mol. The Labute approximate surface area is 112 Å². The molecule has 0 bridgehead atoms. The van der Waals surface area contributed by atoms with Crippen LogP contribution in [0.25, 0.3) is 0 Å². The Balaban J connectivity index is 1.91. The highest BCUT2D eigenvalue weighted by molar-refractivity contribution is 5.33. The molecule has 2 atom stereocenters. The van der Waals surface area contributed by atoms with Gasteiger partial charge in [-0.1, -0.05) is 37.1 Å². The molecule has 1 aliphatic carbocycles. The first-order chi connectivity index (χ1) is 8.70. The predicted octanol–water partition coefficient (Wildman–Crippen LogP) is 5.23. The number of hydrogen-bond donors (Lipinski definition) is 0. The van der Waals surface area contributed by atoms with E-state index in [0.29, 0.717) is 0 Å². The normalized spacial score (nSPS) is 23.9. The quantitative estimate of drug-likeness (QED) is 0.634. The summed E-state index contributed by atoms with van der Waals surface area (Å²) in [5.74, 6) is 1.70. The molecule has 0 aliphatic heterocycles. The Kier molecular flexibility index (Phi) is 4.63. The number of hydrogen-bond acceptors (Lipinski definition) is 0. The fraction of sp³-hybridized carbons (Fsp3) is 0.556. The van der Waals surface area contributed by atoms with E-state index in [1.54, 1.807) is 5.56 Å². The minimum atomic E-state index is 0.780. The molecule has 1 aliphatic rings. The molecule has 1 saturated carbocycles. The Bertz CT molecular complexity index is 402. The predicted molar refractivity (Wildman–Crippen MR) is 79.9 cm³/mol. The van der Waals surface area contributed by atoms with Crippen LogP contribution in [0.15, 0.2) is 30.9 Å². The van der Waals surface area contributed by atoms with Crippen LogP contribution in [0.1, 0.15) is 48.8 Å². The van der Waals surface area contributed by atoms with Crippen LogP contribution < -0.4 is 0 Å². The van der Waals surface area contributed by atoms with Gasteiger partial charge in [0, 0.05) is 0 Å². The zero-order valence-electron chi connectivity index (χ0n) is 11.9.